The minimum absolute atomic E-state index is 0.00510. The maximum absolute atomic E-state index is 12.1. The van der Waals surface area contributed by atoms with E-state index in [1.165, 1.54) is 18.6 Å². The normalized spacial score (nSPS) is 11.5. The number of hydrogen-bond acceptors (Lipinski definition) is 4. The molecular weight excluding hydrogens is 279 g/mol. The molecule has 0 bridgehead atoms. The molecule has 1 atom stereocenters. The van der Waals surface area contributed by atoms with Crippen LogP contribution in [0.2, 0.25) is 0 Å². The third kappa shape index (κ3) is 4.41. The molecule has 2 N–H and O–H groups in total. The zero-order chi connectivity index (χ0) is 15.8. The maximum atomic E-state index is 12.1. The lowest BCUT2D eigenvalue weighted by Crippen LogP contribution is -2.48. The van der Waals surface area contributed by atoms with Gasteiger partial charge in [-0.15, -0.1) is 0 Å². The van der Waals surface area contributed by atoms with Gasteiger partial charge in [-0.1, -0.05) is 30.3 Å². The Morgan fingerprint density at radius 3 is 2.59 bits per heavy atom. The second-order valence-corrected chi connectivity index (χ2v) is 4.55. The van der Waals surface area contributed by atoms with E-state index in [0.29, 0.717) is 6.42 Å². The number of rotatable bonds is 6. The van der Waals surface area contributed by atoms with E-state index < -0.39 is 11.9 Å². The van der Waals surface area contributed by atoms with Crippen molar-refractivity contribution in [3.63, 3.8) is 0 Å². The van der Waals surface area contributed by atoms with Gasteiger partial charge in [0.05, 0.1) is 14.0 Å². The molecule has 1 heterocycles. The smallest absolute Gasteiger partial charge is 0.272 e. The number of carbonyl (C=O) groups is 2. The third-order valence-corrected chi connectivity index (χ3v) is 2.98. The molecule has 110 valence electrons. The summed E-state index contributed by atoms with van der Waals surface area (Å²) in [6.45, 7) is 0. The Morgan fingerprint density at radius 2 is 1.95 bits per heavy atom. The summed E-state index contributed by atoms with van der Waals surface area (Å²) in [5.74, 6) is -0.801. The van der Waals surface area contributed by atoms with Crippen LogP contribution in [0.3, 0.4) is 0 Å². The highest BCUT2D eigenvalue weighted by Crippen LogP contribution is 2.04. The van der Waals surface area contributed by atoms with Crippen LogP contribution in [-0.4, -0.2) is 42.1 Å². The Bertz CT molecular complexity index is 622. The predicted molar refractivity (Wildman–Crippen MR) is 82.2 cm³/mol. The monoisotopic (exact) mass is 294 g/mol. The third-order valence-electron chi connectivity index (χ3n) is 2.98. The van der Waals surface area contributed by atoms with Gasteiger partial charge in [0.15, 0.2) is 0 Å². The van der Waals surface area contributed by atoms with E-state index in [1.54, 1.807) is 0 Å². The molecule has 0 aliphatic heterocycles. The fraction of sp³-hybridized carbons (Fsp3) is 0.200. The van der Waals surface area contributed by atoms with Gasteiger partial charge in [-0.05, 0) is 12.0 Å². The van der Waals surface area contributed by atoms with E-state index in [4.69, 9.17) is 7.85 Å². The number of nitrogens with one attached hydrogen (secondary N) is 2. The van der Waals surface area contributed by atoms with Crippen LogP contribution in [0.1, 0.15) is 16.1 Å². The Hall–Kier alpha value is -2.70. The van der Waals surface area contributed by atoms with Crippen LogP contribution in [0.5, 0.6) is 0 Å². The summed E-state index contributed by atoms with van der Waals surface area (Å²) in [7, 11) is 5.34. The van der Waals surface area contributed by atoms with Crippen LogP contribution in [0.15, 0.2) is 48.9 Å². The van der Waals surface area contributed by atoms with Crippen molar-refractivity contribution in [2.24, 2.45) is 0 Å². The first-order chi connectivity index (χ1) is 10.7. The molecule has 2 amide bonds. The van der Waals surface area contributed by atoms with E-state index in [0.717, 1.165) is 5.56 Å². The highest BCUT2D eigenvalue weighted by atomic mass is 16.2. The Morgan fingerprint density at radius 1 is 1.18 bits per heavy atom. The van der Waals surface area contributed by atoms with Crippen molar-refractivity contribution in [2.45, 2.75) is 12.5 Å². The Labute approximate surface area is 129 Å². The zero-order valence-electron chi connectivity index (χ0n) is 11.9. The topological polar surface area (TPSA) is 84.0 Å². The SMILES string of the molecule is [B]CNC(=O)[C@H](Cc1ccccc1)NC(=O)c1cnccn1. The summed E-state index contributed by atoms with van der Waals surface area (Å²) in [5, 5.41) is 5.17. The van der Waals surface area contributed by atoms with Gasteiger partial charge in [-0.3, -0.25) is 14.6 Å². The molecule has 0 saturated carbocycles. The number of carbonyl (C=O) groups excluding carboxylic acids is 2. The van der Waals surface area contributed by atoms with Crippen LogP contribution < -0.4 is 10.6 Å². The molecule has 0 fully saturated rings. The largest absolute Gasteiger partial charge is 0.363 e. The molecule has 0 spiro atoms. The van der Waals surface area contributed by atoms with Crippen molar-refractivity contribution < 1.29 is 9.59 Å². The fourth-order valence-electron chi connectivity index (χ4n) is 1.93. The molecule has 0 aliphatic rings. The molecule has 0 unspecified atom stereocenters. The molecule has 2 aromatic rings. The average molecular weight is 294 g/mol. The van der Waals surface area contributed by atoms with Crippen molar-refractivity contribution in [3.8, 4) is 0 Å². The summed E-state index contributed by atoms with van der Waals surface area (Å²) in [5.41, 5.74) is 1.08. The molecule has 0 aliphatic carbocycles. The summed E-state index contributed by atoms with van der Waals surface area (Å²) >= 11 is 0. The second-order valence-electron chi connectivity index (χ2n) is 4.55. The molecule has 2 rings (SSSR count). The lowest BCUT2D eigenvalue weighted by molar-refractivity contribution is -0.122. The Kier molecular flexibility index (Phi) is 5.65. The first-order valence-corrected chi connectivity index (χ1v) is 6.79. The molecule has 0 saturated heterocycles. The van der Waals surface area contributed by atoms with Crippen LogP contribution in [0.25, 0.3) is 0 Å². The standard InChI is InChI=1S/C15H15BN4O2/c16-10-19-14(21)12(8-11-4-2-1-3-5-11)20-15(22)13-9-17-6-7-18-13/h1-7,9,12H,8,10H2,(H,19,21)(H,20,22)/t12-/m0/s1. The van der Waals surface area contributed by atoms with Gasteiger partial charge in [0.2, 0.25) is 5.91 Å². The van der Waals surface area contributed by atoms with E-state index in [9.17, 15) is 9.59 Å². The first-order valence-electron chi connectivity index (χ1n) is 6.79. The van der Waals surface area contributed by atoms with Crippen LogP contribution >= 0.6 is 0 Å². The number of nitrogens with zero attached hydrogens (tertiary/aromatic N) is 2. The second kappa shape index (κ2) is 7.92. The molecule has 6 nitrogen and oxygen atoms in total. The summed E-state index contributed by atoms with van der Waals surface area (Å²) < 4.78 is 0. The lowest BCUT2D eigenvalue weighted by atomic mass is 10.0. The van der Waals surface area contributed by atoms with Crippen molar-refractivity contribution in [3.05, 3.63) is 60.2 Å². The minimum atomic E-state index is -0.736. The first kappa shape index (κ1) is 15.7. The van der Waals surface area contributed by atoms with E-state index in [2.05, 4.69) is 20.6 Å². The number of benzene rings is 1. The van der Waals surface area contributed by atoms with E-state index in [1.807, 2.05) is 30.3 Å². The quantitative estimate of drug-likeness (QED) is 0.738. The lowest BCUT2D eigenvalue weighted by Gasteiger charge is -2.18. The van der Waals surface area contributed by atoms with Gasteiger partial charge in [-0.2, -0.15) is 0 Å². The van der Waals surface area contributed by atoms with Gasteiger partial charge in [0.25, 0.3) is 5.91 Å². The minimum Gasteiger partial charge on any atom is -0.363 e. The van der Waals surface area contributed by atoms with Crippen LogP contribution in [0.4, 0.5) is 0 Å². The van der Waals surface area contributed by atoms with Gasteiger partial charge in [0.1, 0.15) is 11.7 Å². The summed E-state index contributed by atoms with van der Waals surface area (Å²) in [4.78, 5) is 31.9. The average Bonchev–Trinajstić information content (AvgIpc) is 2.56. The van der Waals surface area contributed by atoms with Crippen molar-refractivity contribution in [2.75, 3.05) is 6.44 Å². The van der Waals surface area contributed by atoms with E-state index >= 15 is 0 Å². The molecule has 1 aromatic carbocycles. The maximum Gasteiger partial charge on any atom is 0.272 e. The van der Waals surface area contributed by atoms with Gasteiger partial charge >= 0.3 is 0 Å². The molecular formula is C15H15BN4O2. The van der Waals surface area contributed by atoms with Gasteiger partial charge < -0.3 is 10.6 Å². The highest BCUT2D eigenvalue weighted by molar-refractivity contribution is 6.10. The number of amides is 2. The zero-order valence-corrected chi connectivity index (χ0v) is 11.9. The van der Waals surface area contributed by atoms with Gasteiger partial charge in [0, 0.05) is 18.8 Å². The van der Waals surface area contributed by atoms with Gasteiger partial charge in [-0.25, -0.2) is 4.98 Å². The van der Waals surface area contributed by atoms with Crippen molar-refractivity contribution in [1.82, 2.24) is 20.6 Å². The van der Waals surface area contributed by atoms with Crippen molar-refractivity contribution in [1.29, 1.82) is 0 Å². The van der Waals surface area contributed by atoms with Crippen LogP contribution in [-0.2, 0) is 11.2 Å². The summed E-state index contributed by atoms with van der Waals surface area (Å²) in [6.07, 6.45) is 4.60. The fourth-order valence-corrected chi connectivity index (χ4v) is 1.93. The van der Waals surface area contributed by atoms with Crippen molar-refractivity contribution >= 4 is 19.7 Å². The molecule has 22 heavy (non-hydrogen) atoms. The predicted octanol–water partition coefficient (Wildman–Crippen LogP) is 0.0599. The number of hydrogen-bond donors (Lipinski definition) is 2. The van der Waals surface area contributed by atoms with Crippen LogP contribution in [0, 0.1) is 0 Å². The highest BCUT2D eigenvalue weighted by Gasteiger charge is 2.21. The molecule has 1 aromatic heterocycles. The van der Waals surface area contributed by atoms with E-state index in [-0.39, 0.29) is 18.0 Å². The molecule has 7 heteroatoms. The summed E-state index contributed by atoms with van der Waals surface area (Å²) in [6, 6.07) is 8.67. The molecule has 2 radical (unpaired) electrons. The number of aromatic nitrogens is 2. The Balaban J connectivity index is 2.11.